The summed E-state index contributed by atoms with van der Waals surface area (Å²) >= 11 is 0. The molecule has 0 aliphatic carbocycles. The van der Waals surface area contributed by atoms with Crippen LogP contribution >= 0.6 is 0 Å². The fourth-order valence-electron chi connectivity index (χ4n) is 2.17. The molecular formula is C14H15NO. The van der Waals surface area contributed by atoms with Crippen molar-refractivity contribution < 1.29 is 4.42 Å². The number of rotatable bonds is 1. The van der Waals surface area contributed by atoms with Crippen molar-refractivity contribution in [3.63, 3.8) is 0 Å². The van der Waals surface area contributed by atoms with Crippen LogP contribution in [0.15, 0.2) is 34.8 Å². The quantitative estimate of drug-likeness (QED) is 0.787. The minimum Gasteiger partial charge on any atom is -0.456 e. The first-order valence-corrected chi connectivity index (χ1v) is 5.73. The average molecular weight is 213 g/mol. The van der Waals surface area contributed by atoms with Crippen LogP contribution in [0, 0.1) is 6.92 Å². The molecule has 0 fully saturated rings. The van der Waals surface area contributed by atoms with Crippen molar-refractivity contribution in [1.82, 2.24) is 5.32 Å². The number of aryl methyl sites for hydroxylation is 1. The van der Waals surface area contributed by atoms with Crippen molar-refractivity contribution in [1.29, 1.82) is 0 Å². The largest absolute Gasteiger partial charge is 0.456 e. The van der Waals surface area contributed by atoms with Crippen LogP contribution in [0.5, 0.6) is 0 Å². The number of benzene rings is 1. The Morgan fingerprint density at radius 1 is 1.25 bits per heavy atom. The van der Waals surface area contributed by atoms with Crippen LogP contribution in [0.1, 0.15) is 17.7 Å². The zero-order valence-corrected chi connectivity index (χ0v) is 9.42. The number of furan rings is 1. The highest BCUT2D eigenvalue weighted by Crippen LogP contribution is 2.27. The van der Waals surface area contributed by atoms with E-state index in [1.54, 1.807) is 0 Å². The second-order valence-electron chi connectivity index (χ2n) is 4.34. The molecule has 0 bridgehead atoms. The maximum absolute atomic E-state index is 5.87. The fourth-order valence-corrected chi connectivity index (χ4v) is 2.17. The Labute approximate surface area is 95.0 Å². The molecule has 2 heterocycles. The average Bonchev–Trinajstić information content (AvgIpc) is 2.73. The molecule has 1 aromatic heterocycles. The molecule has 0 saturated heterocycles. The van der Waals surface area contributed by atoms with Gasteiger partial charge in [0.2, 0.25) is 0 Å². The molecule has 0 amide bonds. The van der Waals surface area contributed by atoms with Gasteiger partial charge in [-0.3, -0.25) is 0 Å². The number of hydrogen-bond acceptors (Lipinski definition) is 2. The molecule has 3 rings (SSSR count). The summed E-state index contributed by atoms with van der Waals surface area (Å²) in [5.74, 6) is 1.03. The lowest BCUT2D eigenvalue weighted by Gasteiger charge is -2.11. The van der Waals surface area contributed by atoms with Gasteiger partial charge in [0, 0.05) is 11.9 Å². The summed E-state index contributed by atoms with van der Waals surface area (Å²) in [4.78, 5) is 0. The SMILES string of the molecule is Cc1ccc2oc(C3=CCNCC3)cc2c1. The third kappa shape index (κ3) is 1.65. The van der Waals surface area contributed by atoms with E-state index in [0.717, 1.165) is 30.9 Å². The second kappa shape index (κ2) is 3.80. The van der Waals surface area contributed by atoms with Gasteiger partial charge in [0.1, 0.15) is 11.3 Å². The number of fused-ring (bicyclic) bond motifs is 1. The van der Waals surface area contributed by atoms with Crippen LogP contribution in [-0.2, 0) is 0 Å². The Bertz CT molecular complexity index is 551. The highest BCUT2D eigenvalue weighted by molar-refractivity contribution is 5.82. The third-order valence-electron chi connectivity index (χ3n) is 3.05. The molecule has 1 aromatic carbocycles. The van der Waals surface area contributed by atoms with Crippen molar-refractivity contribution in [2.24, 2.45) is 0 Å². The fraction of sp³-hybridized carbons (Fsp3) is 0.286. The highest BCUT2D eigenvalue weighted by atomic mass is 16.3. The van der Waals surface area contributed by atoms with E-state index in [4.69, 9.17) is 4.42 Å². The van der Waals surface area contributed by atoms with Gasteiger partial charge in [0.25, 0.3) is 0 Å². The van der Waals surface area contributed by atoms with E-state index in [1.165, 1.54) is 16.5 Å². The predicted molar refractivity (Wildman–Crippen MR) is 66.4 cm³/mol. The molecule has 0 radical (unpaired) electrons. The lowest BCUT2D eigenvalue weighted by atomic mass is 10.1. The number of hydrogen-bond donors (Lipinski definition) is 1. The van der Waals surface area contributed by atoms with Crippen molar-refractivity contribution in [3.8, 4) is 0 Å². The maximum Gasteiger partial charge on any atom is 0.134 e. The zero-order valence-electron chi connectivity index (χ0n) is 9.42. The van der Waals surface area contributed by atoms with E-state index < -0.39 is 0 Å². The van der Waals surface area contributed by atoms with E-state index in [-0.39, 0.29) is 0 Å². The first-order valence-electron chi connectivity index (χ1n) is 5.73. The van der Waals surface area contributed by atoms with Crippen LogP contribution < -0.4 is 5.32 Å². The van der Waals surface area contributed by atoms with Gasteiger partial charge in [-0.05, 0) is 43.7 Å². The molecule has 2 nitrogen and oxygen atoms in total. The Kier molecular flexibility index (Phi) is 2.29. The van der Waals surface area contributed by atoms with Crippen LogP contribution in [0.25, 0.3) is 16.5 Å². The van der Waals surface area contributed by atoms with Crippen molar-refractivity contribution in [2.75, 3.05) is 13.1 Å². The van der Waals surface area contributed by atoms with Crippen LogP contribution in [0.2, 0.25) is 0 Å². The van der Waals surface area contributed by atoms with Gasteiger partial charge in [-0.25, -0.2) is 0 Å². The van der Waals surface area contributed by atoms with Crippen LogP contribution in [-0.4, -0.2) is 13.1 Å². The van der Waals surface area contributed by atoms with Gasteiger partial charge in [-0.2, -0.15) is 0 Å². The van der Waals surface area contributed by atoms with E-state index in [9.17, 15) is 0 Å². The molecule has 1 aliphatic heterocycles. The molecule has 0 atom stereocenters. The van der Waals surface area contributed by atoms with Crippen LogP contribution in [0.3, 0.4) is 0 Å². The molecular weight excluding hydrogens is 198 g/mol. The maximum atomic E-state index is 5.87. The standard InChI is InChI=1S/C14H15NO/c1-10-2-3-13-12(8-10)9-14(16-13)11-4-6-15-7-5-11/h2-4,8-9,15H,5-7H2,1H3. The molecule has 82 valence electrons. The highest BCUT2D eigenvalue weighted by Gasteiger charge is 2.10. The van der Waals surface area contributed by atoms with Gasteiger partial charge in [0.05, 0.1) is 0 Å². The minimum absolute atomic E-state index is 0.950. The molecule has 1 aliphatic rings. The van der Waals surface area contributed by atoms with Crippen molar-refractivity contribution >= 4 is 16.5 Å². The van der Waals surface area contributed by atoms with Crippen molar-refractivity contribution in [2.45, 2.75) is 13.3 Å². The molecule has 2 heteroatoms. The summed E-state index contributed by atoms with van der Waals surface area (Å²) in [5.41, 5.74) is 3.59. The van der Waals surface area contributed by atoms with Crippen molar-refractivity contribution in [3.05, 3.63) is 41.7 Å². The molecule has 0 spiro atoms. The monoisotopic (exact) mass is 213 g/mol. The minimum atomic E-state index is 0.950. The van der Waals surface area contributed by atoms with Gasteiger partial charge < -0.3 is 9.73 Å². The van der Waals surface area contributed by atoms with Crippen LogP contribution in [0.4, 0.5) is 0 Å². The van der Waals surface area contributed by atoms with Gasteiger partial charge in [0.15, 0.2) is 0 Å². The van der Waals surface area contributed by atoms with E-state index in [1.807, 2.05) is 0 Å². The van der Waals surface area contributed by atoms with E-state index in [2.05, 4.69) is 42.6 Å². The first-order chi connectivity index (χ1) is 7.83. The molecule has 0 saturated carbocycles. The Hall–Kier alpha value is -1.54. The van der Waals surface area contributed by atoms with Gasteiger partial charge in [-0.1, -0.05) is 17.7 Å². The summed E-state index contributed by atoms with van der Waals surface area (Å²) in [6.45, 7) is 4.10. The van der Waals surface area contributed by atoms with Gasteiger partial charge >= 0.3 is 0 Å². The number of nitrogens with one attached hydrogen (secondary N) is 1. The normalized spacial score (nSPS) is 16.4. The lowest BCUT2D eigenvalue weighted by Crippen LogP contribution is -2.19. The summed E-state index contributed by atoms with van der Waals surface area (Å²) < 4.78 is 5.87. The molecule has 2 aromatic rings. The third-order valence-corrected chi connectivity index (χ3v) is 3.05. The van der Waals surface area contributed by atoms with Gasteiger partial charge in [-0.15, -0.1) is 0 Å². The summed E-state index contributed by atoms with van der Waals surface area (Å²) in [5, 5.41) is 4.51. The summed E-state index contributed by atoms with van der Waals surface area (Å²) in [7, 11) is 0. The Balaban J connectivity index is 2.07. The zero-order chi connectivity index (χ0) is 11.0. The Morgan fingerprint density at radius 2 is 2.19 bits per heavy atom. The first kappa shape index (κ1) is 9.67. The van der Waals surface area contributed by atoms with E-state index in [0.29, 0.717) is 0 Å². The summed E-state index contributed by atoms with van der Waals surface area (Å²) in [6.07, 6.45) is 3.27. The second-order valence-corrected chi connectivity index (χ2v) is 4.34. The molecule has 16 heavy (non-hydrogen) atoms. The van der Waals surface area contributed by atoms with E-state index >= 15 is 0 Å². The predicted octanol–water partition coefficient (Wildman–Crippen LogP) is 3.12. The molecule has 1 N–H and O–H groups in total. The summed E-state index contributed by atoms with van der Waals surface area (Å²) in [6, 6.07) is 8.46. The smallest absolute Gasteiger partial charge is 0.134 e. The lowest BCUT2D eigenvalue weighted by molar-refractivity contribution is 0.590. The Morgan fingerprint density at radius 3 is 3.00 bits per heavy atom. The topological polar surface area (TPSA) is 25.2 Å². The molecule has 0 unspecified atom stereocenters.